The Morgan fingerprint density at radius 3 is 2.15 bits per heavy atom. The Kier molecular flexibility index (Phi) is 15.5. The van der Waals surface area contributed by atoms with E-state index in [1.54, 1.807) is 19.1 Å². The van der Waals surface area contributed by atoms with Gasteiger partial charge in [-0.05, 0) is 79.1 Å². The number of anilines is 1. The van der Waals surface area contributed by atoms with Crippen LogP contribution in [0.2, 0.25) is 0 Å². The number of aryl methyl sites for hydroxylation is 1. The summed E-state index contributed by atoms with van der Waals surface area (Å²) in [5.41, 5.74) is 2.09. The standard InChI is InChI=1S/C23H26BrN3O4.C7H17N.C2H6/c1-13(25-20-21(28-6)26-14(2)27-22(20)29-7)17-10-11-19(30-17)31-18-12-15(23(3,4)5)8-9-16(18)24;1-4-5-6-7-8(2)3;1-2/h8-12,25H,1H2,2-7H3;4-7H2,1-3H3;1-2H3. The molecule has 0 saturated carbocycles. The number of aromatic nitrogens is 2. The molecule has 3 aromatic rings. The maximum Gasteiger partial charge on any atom is 0.290 e. The van der Waals surface area contributed by atoms with Gasteiger partial charge in [0.1, 0.15) is 11.6 Å². The van der Waals surface area contributed by atoms with Gasteiger partial charge >= 0.3 is 0 Å². The number of benzene rings is 1. The highest BCUT2D eigenvalue weighted by Crippen LogP contribution is 2.37. The van der Waals surface area contributed by atoms with Crippen molar-refractivity contribution in [1.29, 1.82) is 0 Å². The Labute approximate surface area is 255 Å². The fraction of sp³-hybridized carbons (Fsp3) is 0.500. The molecule has 0 aliphatic heterocycles. The molecule has 0 bridgehead atoms. The van der Waals surface area contributed by atoms with Gasteiger partial charge in [0.25, 0.3) is 5.95 Å². The topological polar surface area (TPSA) is 81.9 Å². The van der Waals surface area contributed by atoms with Crippen LogP contribution in [-0.2, 0) is 5.41 Å². The molecule has 2 aromatic heterocycles. The van der Waals surface area contributed by atoms with Crippen molar-refractivity contribution in [1.82, 2.24) is 14.9 Å². The van der Waals surface area contributed by atoms with Crippen molar-refractivity contribution in [3.63, 3.8) is 0 Å². The lowest BCUT2D eigenvalue weighted by molar-refractivity contribution is 0.341. The molecule has 0 aliphatic carbocycles. The number of nitrogens with zero attached hydrogens (tertiary/aromatic N) is 3. The normalized spacial score (nSPS) is 10.7. The van der Waals surface area contributed by atoms with Crippen molar-refractivity contribution in [2.24, 2.45) is 0 Å². The molecule has 9 heteroatoms. The summed E-state index contributed by atoms with van der Waals surface area (Å²) in [5.74, 6) is 2.71. The molecule has 3 rings (SSSR count). The molecule has 41 heavy (non-hydrogen) atoms. The number of hydrogen-bond acceptors (Lipinski definition) is 8. The summed E-state index contributed by atoms with van der Waals surface area (Å²) in [7, 11) is 7.29. The highest BCUT2D eigenvalue weighted by Gasteiger charge is 2.19. The lowest BCUT2D eigenvalue weighted by atomic mass is 9.87. The SMILES string of the molecule is C=C(Nc1c(OC)nc(C)nc1OC)c1ccc(Oc2cc(C(C)(C)C)ccc2Br)o1.CC.CCCCCN(C)C. The number of ether oxygens (including phenoxy) is 3. The molecule has 0 spiro atoms. The zero-order chi connectivity index (χ0) is 31.2. The third-order valence-electron chi connectivity index (χ3n) is 5.71. The molecule has 1 N–H and O–H groups in total. The lowest BCUT2D eigenvalue weighted by Gasteiger charge is -2.20. The van der Waals surface area contributed by atoms with Crippen LogP contribution in [0.4, 0.5) is 5.69 Å². The summed E-state index contributed by atoms with van der Waals surface area (Å²) < 4.78 is 23.3. The van der Waals surface area contributed by atoms with Crippen LogP contribution in [0, 0.1) is 6.92 Å². The van der Waals surface area contributed by atoms with Gasteiger partial charge in [0, 0.05) is 6.07 Å². The molecule has 0 radical (unpaired) electrons. The smallest absolute Gasteiger partial charge is 0.290 e. The van der Waals surface area contributed by atoms with Crippen LogP contribution in [0.3, 0.4) is 0 Å². The number of furan rings is 1. The van der Waals surface area contributed by atoms with E-state index in [0.29, 0.717) is 46.4 Å². The van der Waals surface area contributed by atoms with E-state index in [1.807, 2.05) is 26.0 Å². The fourth-order valence-corrected chi connectivity index (χ4v) is 3.84. The van der Waals surface area contributed by atoms with E-state index in [-0.39, 0.29) is 5.41 Å². The number of halogens is 1. The third kappa shape index (κ3) is 11.8. The predicted octanol–water partition coefficient (Wildman–Crippen LogP) is 9.09. The second-order valence-corrected chi connectivity index (χ2v) is 11.2. The molecule has 0 fully saturated rings. The fourth-order valence-electron chi connectivity index (χ4n) is 3.51. The molecular formula is C32H49BrN4O4. The molecule has 0 amide bonds. The Balaban J connectivity index is 0.000000725. The van der Waals surface area contributed by atoms with E-state index in [4.69, 9.17) is 18.6 Å². The molecule has 0 unspecified atom stereocenters. The Bertz CT molecular complexity index is 1190. The largest absolute Gasteiger partial charge is 0.479 e. The maximum absolute atomic E-state index is 5.98. The van der Waals surface area contributed by atoms with Crippen molar-refractivity contribution in [3.8, 4) is 23.5 Å². The van der Waals surface area contributed by atoms with Gasteiger partial charge in [-0.15, -0.1) is 0 Å². The minimum atomic E-state index is -0.000435. The number of nitrogens with one attached hydrogen (secondary N) is 1. The molecule has 228 valence electrons. The molecule has 0 atom stereocenters. The van der Waals surface area contributed by atoms with Crippen LogP contribution in [0.5, 0.6) is 23.5 Å². The Morgan fingerprint density at radius 1 is 1.02 bits per heavy atom. The quantitative estimate of drug-likeness (QED) is 0.210. The van der Waals surface area contributed by atoms with E-state index >= 15 is 0 Å². The van der Waals surface area contributed by atoms with E-state index in [0.717, 1.165) is 10.0 Å². The zero-order valence-electron chi connectivity index (χ0n) is 26.8. The highest BCUT2D eigenvalue weighted by atomic mass is 79.9. The molecule has 2 heterocycles. The van der Waals surface area contributed by atoms with Gasteiger partial charge in [-0.2, -0.15) is 9.97 Å². The average Bonchev–Trinajstić information content (AvgIpc) is 3.40. The van der Waals surface area contributed by atoms with Crippen LogP contribution in [0.25, 0.3) is 5.70 Å². The van der Waals surface area contributed by atoms with Crippen molar-refractivity contribution < 1.29 is 18.6 Å². The van der Waals surface area contributed by atoms with E-state index in [2.05, 4.69) is 90.6 Å². The number of hydrogen-bond donors (Lipinski definition) is 1. The summed E-state index contributed by atoms with van der Waals surface area (Å²) in [6.45, 7) is 19.7. The van der Waals surface area contributed by atoms with Gasteiger partial charge in [-0.1, -0.05) is 67.0 Å². The third-order valence-corrected chi connectivity index (χ3v) is 6.37. The second kappa shape index (κ2) is 17.7. The van der Waals surface area contributed by atoms with Gasteiger partial charge in [-0.3, -0.25) is 0 Å². The van der Waals surface area contributed by atoms with Gasteiger partial charge in [0.15, 0.2) is 11.4 Å². The summed E-state index contributed by atoms with van der Waals surface area (Å²) in [4.78, 5) is 10.8. The second-order valence-electron chi connectivity index (χ2n) is 10.4. The van der Waals surface area contributed by atoms with E-state index in [1.165, 1.54) is 40.0 Å². The molecule has 0 saturated heterocycles. The predicted molar refractivity (Wildman–Crippen MR) is 174 cm³/mol. The van der Waals surface area contributed by atoms with Gasteiger partial charge < -0.3 is 28.8 Å². The van der Waals surface area contributed by atoms with Crippen LogP contribution in [0.1, 0.15) is 78.0 Å². The Hall–Kier alpha value is -3.04. The minimum Gasteiger partial charge on any atom is -0.479 e. The van der Waals surface area contributed by atoms with Crippen molar-refractivity contribution >= 4 is 27.3 Å². The van der Waals surface area contributed by atoms with Crippen LogP contribution >= 0.6 is 15.9 Å². The summed E-state index contributed by atoms with van der Waals surface area (Å²) >= 11 is 3.53. The first-order chi connectivity index (χ1) is 19.4. The number of methoxy groups -OCH3 is 2. The van der Waals surface area contributed by atoms with Gasteiger partial charge in [-0.25, -0.2) is 0 Å². The first kappa shape index (κ1) is 36.0. The van der Waals surface area contributed by atoms with Crippen LogP contribution < -0.4 is 19.5 Å². The molecular weight excluding hydrogens is 584 g/mol. The van der Waals surface area contributed by atoms with Crippen LogP contribution in [-0.4, -0.2) is 49.7 Å². The molecule has 8 nitrogen and oxygen atoms in total. The average molecular weight is 634 g/mol. The number of rotatable bonds is 11. The van der Waals surface area contributed by atoms with E-state index in [9.17, 15) is 0 Å². The monoisotopic (exact) mass is 632 g/mol. The lowest BCUT2D eigenvalue weighted by Crippen LogP contribution is -2.12. The van der Waals surface area contributed by atoms with Gasteiger partial charge in [0.2, 0.25) is 11.8 Å². The van der Waals surface area contributed by atoms with Crippen LogP contribution in [0.15, 0.2) is 45.8 Å². The molecule has 1 aromatic carbocycles. The Morgan fingerprint density at radius 2 is 1.63 bits per heavy atom. The summed E-state index contributed by atoms with van der Waals surface area (Å²) in [6, 6.07) is 9.54. The van der Waals surface area contributed by atoms with Crippen molar-refractivity contribution in [2.75, 3.05) is 40.2 Å². The minimum absolute atomic E-state index is 0.000435. The zero-order valence-corrected chi connectivity index (χ0v) is 28.4. The maximum atomic E-state index is 5.98. The highest BCUT2D eigenvalue weighted by molar-refractivity contribution is 9.10. The molecule has 0 aliphatic rings. The summed E-state index contributed by atoms with van der Waals surface area (Å²) in [5, 5.41) is 3.11. The van der Waals surface area contributed by atoms with Gasteiger partial charge in [0.05, 0.1) is 24.4 Å². The number of unbranched alkanes of at least 4 members (excludes halogenated alkanes) is 2. The van der Waals surface area contributed by atoms with Crippen molar-refractivity contribution in [2.45, 2.75) is 73.1 Å². The first-order valence-corrected chi connectivity index (χ1v) is 14.8. The first-order valence-electron chi connectivity index (χ1n) is 14.0. The van der Waals surface area contributed by atoms with Crippen molar-refractivity contribution in [3.05, 3.63) is 58.5 Å². The van der Waals surface area contributed by atoms with E-state index < -0.39 is 0 Å². The summed E-state index contributed by atoms with van der Waals surface area (Å²) in [6.07, 6.45) is 4.05.